The third-order valence-electron chi connectivity index (χ3n) is 7.12. The van der Waals surface area contributed by atoms with Crippen LogP contribution >= 0.6 is 0 Å². The van der Waals surface area contributed by atoms with Crippen LogP contribution in [0.25, 0.3) is 16.8 Å². The third-order valence-corrected chi connectivity index (χ3v) is 7.12. The number of nitrogens with one attached hydrogen (secondary N) is 3. The van der Waals surface area contributed by atoms with Gasteiger partial charge < -0.3 is 25.8 Å². The molecule has 3 atom stereocenters. The van der Waals surface area contributed by atoms with Gasteiger partial charge in [-0.25, -0.2) is 4.98 Å². The molecule has 0 radical (unpaired) electrons. The van der Waals surface area contributed by atoms with Crippen LogP contribution in [0.3, 0.4) is 0 Å². The zero-order chi connectivity index (χ0) is 25.2. The Morgan fingerprint density at radius 3 is 2.78 bits per heavy atom. The molecule has 1 aliphatic heterocycles. The van der Waals surface area contributed by atoms with Gasteiger partial charge in [-0.15, -0.1) is 0 Å². The van der Waals surface area contributed by atoms with E-state index < -0.39 is 6.10 Å². The molecule has 9 nitrogen and oxygen atoms in total. The number of fused-ring (bicyclic) bond motifs is 1. The number of nitrogens with zero attached hydrogens (tertiary/aromatic N) is 3. The second kappa shape index (κ2) is 10.4. The van der Waals surface area contributed by atoms with Crippen molar-refractivity contribution in [2.24, 2.45) is 5.92 Å². The van der Waals surface area contributed by atoms with Crippen LogP contribution < -0.4 is 16.0 Å². The van der Waals surface area contributed by atoms with Crippen molar-refractivity contribution < 1.29 is 14.6 Å². The molecule has 3 heterocycles. The van der Waals surface area contributed by atoms with Crippen LogP contribution in [-0.4, -0.2) is 63.6 Å². The van der Waals surface area contributed by atoms with E-state index in [1.54, 1.807) is 6.92 Å². The predicted octanol–water partition coefficient (Wildman–Crippen LogP) is 3.62. The number of aromatic nitrogens is 3. The average molecular weight is 493 g/mol. The molecule has 0 spiro atoms. The number of hydrogen-bond acceptors (Lipinski definition) is 7. The summed E-state index contributed by atoms with van der Waals surface area (Å²) in [5.41, 5.74) is 4.15. The molecule has 1 saturated heterocycles. The highest BCUT2D eigenvalue weighted by atomic mass is 16.5. The first-order valence-corrected chi connectivity index (χ1v) is 13.0. The highest BCUT2D eigenvalue weighted by Gasteiger charge is 2.25. The van der Waals surface area contributed by atoms with Crippen molar-refractivity contribution in [3.8, 4) is 11.1 Å². The molecule has 1 saturated carbocycles. The second-order valence-electron chi connectivity index (χ2n) is 10.1. The normalized spacial score (nSPS) is 19.3. The Kier molecular flexibility index (Phi) is 7.11. The van der Waals surface area contributed by atoms with Crippen LogP contribution in [0, 0.1) is 12.8 Å². The minimum atomic E-state index is -0.513. The van der Waals surface area contributed by atoms with Gasteiger partial charge in [0, 0.05) is 42.3 Å². The van der Waals surface area contributed by atoms with Crippen LogP contribution in [0.1, 0.15) is 55.5 Å². The van der Waals surface area contributed by atoms with Gasteiger partial charge in [-0.3, -0.25) is 4.79 Å². The van der Waals surface area contributed by atoms with E-state index >= 15 is 0 Å². The number of carbonyl (C=O) groups excluding carboxylic acids is 1. The summed E-state index contributed by atoms with van der Waals surface area (Å²) in [5, 5.41) is 24.8. The van der Waals surface area contributed by atoms with Crippen LogP contribution in [0.5, 0.6) is 0 Å². The molecule has 36 heavy (non-hydrogen) atoms. The van der Waals surface area contributed by atoms with E-state index in [9.17, 15) is 9.90 Å². The van der Waals surface area contributed by atoms with Gasteiger partial charge in [0.15, 0.2) is 5.65 Å². The largest absolute Gasteiger partial charge is 0.391 e. The van der Waals surface area contributed by atoms with E-state index in [0.29, 0.717) is 29.0 Å². The van der Waals surface area contributed by atoms with Gasteiger partial charge in [0.1, 0.15) is 11.6 Å². The third kappa shape index (κ3) is 5.32. The van der Waals surface area contributed by atoms with Crippen LogP contribution in [0.2, 0.25) is 0 Å². The van der Waals surface area contributed by atoms with Crippen molar-refractivity contribution in [3.63, 3.8) is 0 Å². The number of aliphatic hydroxyl groups excluding tert-OH is 1. The molecule has 0 bridgehead atoms. The quantitative estimate of drug-likeness (QED) is 0.342. The maximum Gasteiger partial charge on any atom is 0.251 e. The van der Waals surface area contributed by atoms with Crippen LogP contribution in [0.4, 0.5) is 11.6 Å². The molecular formula is C27H36N6O3. The lowest BCUT2D eigenvalue weighted by Crippen LogP contribution is -2.31. The maximum absolute atomic E-state index is 12.6. The average Bonchev–Trinajstić information content (AvgIpc) is 3.33. The minimum absolute atomic E-state index is 0.0165. The molecule has 2 fully saturated rings. The minimum Gasteiger partial charge on any atom is -0.391 e. The molecule has 3 unspecified atom stereocenters. The lowest BCUT2D eigenvalue weighted by molar-refractivity contribution is 0.0950. The first-order chi connectivity index (χ1) is 17.4. The van der Waals surface area contributed by atoms with E-state index in [4.69, 9.17) is 9.72 Å². The molecule has 2 aromatic heterocycles. The first kappa shape index (κ1) is 24.5. The molecule has 5 rings (SSSR count). The van der Waals surface area contributed by atoms with E-state index in [0.717, 1.165) is 68.0 Å². The fraction of sp³-hybridized carbons (Fsp3) is 0.519. The zero-order valence-corrected chi connectivity index (χ0v) is 21.3. The first-order valence-electron chi connectivity index (χ1n) is 13.0. The molecule has 3 aromatic rings. The van der Waals surface area contributed by atoms with Crippen molar-refractivity contribution >= 4 is 23.2 Å². The molecule has 2 aliphatic rings. The number of anilines is 2. The Hall–Kier alpha value is -3.17. The standard InChI is InChI=1S/C27H36N6O3/c1-4-23(17(3)34)31-24-12-25(28-13-18-9-10-36-15-18)33-26(32-24)22(14-29-33)19-5-8-21(16(2)11-19)27(35)30-20-6-7-20/h5,8,11-12,14,17-18,20,23,28,34H,4,6-7,9-10,13,15H2,1-3H3,(H,30,35)(H,31,32). The van der Waals surface area contributed by atoms with Gasteiger partial charge >= 0.3 is 0 Å². The van der Waals surface area contributed by atoms with Crippen molar-refractivity contribution in [2.75, 3.05) is 30.4 Å². The Morgan fingerprint density at radius 2 is 2.11 bits per heavy atom. The number of hydrogen-bond donors (Lipinski definition) is 4. The monoisotopic (exact) mass is 492 g/mol. The number of benzene rings is 1. The molecule has 4 N–H and O–H groups in total. The van der Waals surface area contributed by atoms with Gasteiger partial charge in [-0.05, 0) is 56.7 Å². The molecule has 1 amide bonds. The number of ether oxygens (including phenoxy) is 1. The summed E-state index contributed by atoms with van der Waals surface area (Å²) >= 11 is 0. The highest BCUT2D eigenvalue weighted by molar-refractivity contribution is 5.97. The summed E-state index contributed by atoms with van der Waals surface area (Å²) in [6.45, 7) is 8.13. The zero-order valence-electron chi connectivity index (χ0n) is 21.3. The van der Waals surface area contributed by atoms with Crippen molar-refractivity contribution in [3.05, 3.63) is 41.6 Å². The highest BCUT2D eigenvalue weighted by Crippen LogP contribution is 2.30. The molecule has 192 valence electrons. The van der Waals surface area contributed by atoms with Crippen molar-refractivity contribution in [1.29, 1.82) is 0 Å². The van der Waals surface area contributed by atoms with Crippen LogP contribution in [-0.2, 0) is 4.74 Å². The number of rotatable bonds is 10. The van der Waals surface area contributed by atoms with Crippen molar-refractivity contribution in [1.82, 2.24) is 19.9 Å². The summed E-state index contributed by atoms with van der Waals surface area (Å²) in [6, 6.07) is 8.01. The number of aliphatic hydroxyl groups is 1. The molecule has 9 heteroatoms. The Morgan fingerprint density at radius 1 is 1.28 bits per heavy atom. The van der Waals surface area contributed by atoms with E-state index in [-0.39, 0.29) is 11.9 Å². The van der Waals surface area contributed by atoms with Gasteiger partial charge in [-0.1, -0.05) is 19.1 Å². The number of aryl methyl sites for hydroxylation is 1. The number of carbonyl (C=O) groups is 1. The predicted molar refractivity (Wildman–Crippen MR) is 140 cm³/mol. The van der Waals surface area contributed by atoms with E-state index in [1.165, 1.54) is 0 Å². The number of amides is 1. The Bertz CT molecular complexity index is 1230. The molecule has 1 aromatic carbocycles. The summed E-state index contributed by atoms with van der Waals surface area (Å²) < 4.78 is 7.35. The Balaban J connectivity index is 1.49. The summed E-state index contributed by atoms with van der Waals surface area (Å²) in [5.74, 6) is 1.95. The summed E-state index contributed by atoms with van der Waals surface area (Å²) in [6.07, 6.45) is 5.23. The van der Waals surface area contributed by atoms with Crippen LogP contribution in [0.15, 0.2) is 30.5 Å². The second-order valence-corrected chi connectivity index (χ2v) is 10.1. The summed E-state index contributed by atoms with van der Waals surface area (Å²) in [4.78, 5) is 17.5. The fourth-order valence-corrected chi connectivity index (χ4v) is 4.69. The van der Waals surface area contributed by atoms with Gasteiger partial charge in [0.25, 0.3) is 5.91 Å². The van der Waals surface area contributed by atoms with Gasteiger partial charge in [0.2, 0.25) is 0 Å². The molecule has 1 aliphatic carbocycles. The summed E-state index contributed by atoms with van der Waals surface area (Å²) in [7, 11) is 0. The SMILES string of the molecule is CCC(Nc1cc(NCC2CCOC2)n2ncc(-c3ccc(C(=O)NC4CC4)c(C)c3)c2n1)C(C)O. The van der Waals surface area contributed by atoms with E-state index in [1.807, 2.05) is 48.8 Å². The molecular weight excluding hydrogens is 456 g/mol. The van der Waals surface area contributed by atoms with Gasteiger partial charge in [-0.2, -0.15) is 9.61 Å². The van der Waals surface area contributed by atoms with Crippen molar-refractivity contribution in [2.45, 2.75) is 64.6 Å². The maximum atomic E-state index is 12.6. The lowest BCUT2D eigenvalue weighted by atomic mass is 10.0. The smallest absolute Gasteiger partial charge is 0.251 e. The lowest BCUT2D eigenvalue weighted by Gasteiger charge is -2.21. The van der Waals surface area contributed by atoms with E-state index in [2.05, 4.69) is 21.0 Å². The fourth-order valence-electron chi connectivity index (χ4n) is 4.69. The Labute approximate surface area is 211 Å². The topological polar surface area (TPSA) is 113 Å². The van der Waals surface area contributed by atoms with Gasteiger partial charge in [0.05, 0.1) is 24.9 Å².